The number of hydrogen-bond donors (Lipinski definition) is 0. The van der Waals surface area contributed by atoms with Gasteiger partial charge in [-0.05, 0) is 35.9 Å². The van der Waals surface area contributed by atoms with Gasteiger partial charge in [-0.15, -0.1) is 0 Å². The highest BCUT2D eigenvalue weighted by molar-refractivity contribution is 6.02. The van der Waals surface area contributed by atoms with E-state index in [1.807, 2.05) is 38.1 Å². The molecule has 2 aromatic rings. The van der Waals surface area contributed by atoms with Crippen LogP contribution in [0.25, 0.3) is 0 Å². The van der Waals surface area contributed by atoms with E-state index in [0.717, 1.165) is 17.6 Å². The fourth-order valence-electron chi connectivity index (χ4n) is 3.04. The van der Waals surface area contributed by atoms with E-state index in [4.69, 9.17) is 9.47 Å². The molecule has 1 aliphatic rings. The number of rotatable bonds is 7. The van der Waals surface area contributed by atoms with Crippen LogP contribution in [0.15, 0.2) is 79.4 Å². The molecule has 1 unspecified atom stereocenters. The van der Waals surface area contributed by atoms with E-state index in [1.54, 1.807) is 48.4 Å². The van der Waals surface area contributed by atoms with Crippen LogP contribution < -0.4 is 14.4 Å². The van der Waals surface area contributed by atoms with Crippen molar-refractivity contribution in [1.29, 1.82) is 0 Å². The van der Waals surface area contributed by atoms with Gasteiger partial charge in [0.1, 0.15) is 17.8 Å². The van der Waals surface area contributed by atoms with Gasteiger partial charge in [0.2, 0.25) is 6.10 Å². The van der Waals surface area contributed by atoms with Crippen molar-refractivity contribution in [2.24, 2.45) is 0 Å². The molecule has 0 saturated heterocycles. The Morgan fingerprint density at radius 1 is 1.17 bits per heavy atom. The second-order valence-electron chi connectivity index (χ2n) is 6.22. The van der Waals surface area contributed by atoms with Crippen LogP contribution in [0, 0.1) is 0 Å². The topological polar surface area (TPSA) is 55.8 Å². The fraction of sp³-hybridized carbons (Fsp3) is 0.200. The van der Waals surface area contributed by atoms with Crippen molar-refractivity contribution in [1.82, 2.24) is 0 Å². The number of nitrogens with zero attached hydrogens (tertiary/aromatic N) is 1. The molecule has 0 bridgehead atoms. The minimum Gasteiger partial charge on any atom is -0.497 e. The summed E-state index contributed by atoms with van der Waals surface area (Å²) in [7, 11) is 1.60. The van der Waals surface area contributed by atoms with E-state index in [9.17, 15) is 9.59 Å². The third-order valence-electron chi connectivity index (χ3n) is 4.49. The summed E-state index contributed by atoms with van der Waals surface area (Å²) in [4.78, 5) is 26.1. The number of anilines is 1. The van der Waals surface area contributed by atoms with Crippen LogP contribution in [0.2, 0.25) is 0 Å². The quantitative estimate of drug-likeness (QED) is 0.474. The SMILES string of the molecule is C=C/C=C(\C=C)C1Oc2ccc(C=O)cc2N(Cc2ccc(OC)cc2)C1=O.CC. The molecule has 3 rings (SSSR count). The lowest BCUT2D eigenvalue weighted by Gasteiger charge is -2.35. The van der Waals surface area contributed by atoms with Gasteiger partial charge in [0.15, 0.2) is 0 Å². The Hall–Kier alpha value is -3.60. The number of allylic oxidation sites excluding steroid dienone is 2. The van der Waals surface area contributed by atoms with Crippen LogP contribution in [0.3, 0.4) is 0 Å². The summed E-state index contributed by atoms with van der Waals surface area (Å²) >= 11 is 0. The first-order valence-electron chi connectivity index (χ1n) is 9.76. The normalized spacial score (nSPS) is 15.2. The Morgan fingerprint density at radius 2 is 1.87 bits per heavy atom. The molecule has 0 aromatic heterocycles. The molecule has 30 heavy (non-hydrogen) atoms. The molecule has 0 fully saturated rings. The predicted octanol–water partition coefficient (Wildman–Crippen LogP) is 5.13. The average molecular weight is 405 g/mol. The smallest absolute Gasteiger partial charge is 0.273 e. The summed E-state index contributed by atoms with van der Waals surface area (Å²) in [5.41, 5.74) is 2.57. The standard InChI is InChI=1S/C23H21NO4.C2H6/c1-4-6-18(5-2)22-23(26)24(14-16-7-10-19(27-3)11-8-16)20-13-17(15-25)9-12-21(20)28-22;1-2/h4-13,15,22H,1-2,14H2,3H3;1-2H3/b18-6+;. The van der Waals surface area contributed by atoms with Crippen LogP contribution in [0.5, 0.6) is 11.5 Å². The van der Waals surface area contributed by atoms with Crippen LogP contribution in [0.4, 0.5) is 5.69 Å². The number of carbonyl (C=O) groups excluding carboxylic acids is 2. The van der Waals surface area contributed by atoms with Crippen molar-refractivity contribution in [3.8, 4) is 11.5 Å². The van der Waals surface area contributed by atoms with Gasteiger partial charge < -0.3 is 14.4 Å². The van der Waals surface area contributed by atoms with Crippen molar-refractivity contribution in [3.05, 3.63) is 90.6 Å². The van der Waals surface area contributed by atoms with E-state index in [-0.39, 0.29) is 5.91 Å². The van der Waals surface area contributed by atoms with Gasteiger partial charge in [-0.1, -0.05) is 57.4 Å². The number of carbonyl (C=O) groups is 2. The van der Waals surface area contributed by atoms with E-state index >= 15 is 0 Å². The van der Waals surface area contributed by atoms with Crippen molar-refractivity contribution in [3.63, 3.8) is 0 Å². The zero-order valence-corrected chi connectivity index (χ0v) is 17.6. The number of methoxy groups -OCH3 is 1. The predicted molar refractivity (Wildman–Crippen MR) is 120 cm³/mol. The van der Waals surface area contributed by atoms with Gasteiger partial charge in [-0.2, -0.15) is 0 Å². The van der Waals surface area contributed by atoms with Crippen LogP contribution in [-0.4, -0.2) is 25.4 Å². The molecule has 5 heteroatoms. The molecule has 0 aliphatic carbocycles. The van der Waals surface area contributed by atoms with Crippen LogP contribution in [-0.2, 0) is 11.3 Å². The molecule has 156 valence electrons. The number of hydrogen-bond acceptors (Lipinski definition) is 4. The van der Waals surface area contributed by atoms with Gasteiger partial charge >= 0.3 is 0 Å². The highest BCUT2D eigenvalue weighted by Gasteiger charge is 2.36. The third-order valence-corrected chi connectivity index (χ3v) is 4.49. The lowest BCUT2D eigenvalue weighted by molar-refractivity contribution is -0.124. The molecule has 1 atom stereocenters. The van der Waals surface area contributed by atoms with Crippen molar-refractivity contribution in [2.75, 3.05) is 12.0 Å². The maximum atomic E-state index is 13.3. The molecule has 1 heterocycles. The van der Waals surface area contributed by atoms with E-state index in [0.29, 0.717) is 29.1 Å². The Balaban J connectivity index is 0.00000155. The lowest BCUT2D eigenvalue weighted by Crippen LogP contribution is -2.46. The Labute approximate surface area is 177 Å². The number of amides is 1. The molecular formula is C25H27NO4. The molecule has 1 amide bonds. The first-order valence-corrected chi connectivity index (χ1v) is 9.76. The molecule has 1 aliphatic heterocycles. The number of ether oxygens (including phenoxy) is 2. The van der Waals surface area contributed by atoms with E-state index < -0.39 is 6.10 Å². The zero-order chi connectivity index (χ0) is 22.1. The Bertz CT molecular complexity index is 944. The minimum absolute atomic E-state index is 0.237. The van der Waals surface area contributed by atoms with Crippen LogP contribution in [0.1, 0.15) is 29.8 Å². The van der Waals surface area contributed by atoms with Gasteiger partial charge in [0.25, 0.3) is 5.91 Å². The summed E-state index contributed by atoms with van der Waals surface area (Å²) in [5, 5.41) is 0. The van der Waals surface area contributed by atoms with Crippen molar-refractivity contribution < 1.29 is 19.1 Å². The molecule has 0 spiro atoms. The fourth-order valence-corrected chi connectivity index (χ4v) is 3.04. The maximum Gasteiger partial charge on any atom is 0.273 e. The molecule has 5 nitrogen and oxygen atoms in total. The number of fused-ring (bicyclic) bond motifs is 1. The van der Waals surface area contributed by atoms with Gasteiger partial charge in [0, 0.05) is 11.1 Å². The van der Waals surface area contributed by atoms with Gasteiger partial charge in [-0.25, -0.2) is 0 Å². The van der Waals surface area contributed by atoms with Crippen molar-refractivity contribution in [2.45, 2.75) is 26.5 Å². The molecule has 0 radical (unpaired) electrons. The van der Waals surface area contributed by atoms with E-state index in [2.05, 4.69) is 13.2 Å². The largest absolute Gasteiger partial charge is 0.497 e. The first kappa shape index (κ1) is 22.7. The molecule has 0 N–H and O–H groups in total. The van der Waals surface area contributed by atoms with Crippen LogP contribution >= 0.6 is 0 Å². The zero-order valence-electron chi connectivity index (χ0n) is 17.6. The molecule has 0 saturated carbocycles. The summed E-state index contributed by atoms with van der Waals surface area (Å²) in [6.45, 7) is 11.8. The Morgan fingerprint density at radius 3 is 2.43 bits per heavy atom. The maximum absolute atomic E-state index is 13.3. The highest BCUT2D eigenvalue weighted by atomic mass is 16.5. The second kappa shape index (κ2) is 10.8. The summed E-state index contributed by atoms with van der Waals surface area (Å²) in [5.74, 6) is 1.03. The lowest BCUT2D eigenvalue weighted by atomic mass is 10.0. The van der Waals surface area contributed by atoms with Gasteiger partial charge in [0.05, 0.1) is 19.3 Å². The summed E-state index contributed by atoms with van der Waals surface area (Å²) in [6, 6.07) is 12.5. The third kappa shape index (κ3) is 4.87. The van der Waals surface area contributed by atoms with E-state index in [1.165, 1.54) is 0 Å². The number of aldehydes is 1. The highest BCUT2D eigenvalue weighted by Crippen LogP contribution is 2.37. The summed E-state index contributed by atoms with van der Waals surface area (Å²) < 4.78 is 11.1. The average Bonchev–Trinajstić information content (AvgIpc) is 2.80. The first-order chi connectivity index (χ1) is 14.6. The monoisotopic (exact) mass is 405 g/mol. The summed E-state index contributed by atoms with van der Waals surface area (Å²) in [6.07, 6.45) is 4.79. The molecule has 2 aromatic carbocycles. The minimum atomic E-state index is -0.830. The Kier molecular flexibility index (Phi) is 8.18. The second-order valence-corrected chi connectivity index (χ2v) is 6.22. The van der Waals surface area contributed by atoms with Crippen molar-refractivity contribution >= 4 is 17.9 Å². The number of benzene rings is 2. The van der Waals surface area contributed by atoms with Gasteiger partial charge in [-0.3, -0.25) is 9.59 Å². The molecular weight excluding hydrogens is 378 g/mol.